The molecular formula is C18H29N3O3. The average molecular weight is 335 g/mol. The summed E-state index contributed by atoms with van der Waals surface area (Å²) >= 11 is 0. The van der Waals surface area contributed by atoms with Crippen molar-refractivity contribution in [2.75, 3.05) is 0 Å². The van der Waals surface area contributed by atoms with Crippen molar-refractivity contribution < 1.29 is 14.6 Å². The van der Waals surface area contributed by atoms with E-state index in [1.54, 1.807) is 4.68 Å². The Morgan fingerprint density at radius 1 is 1.29 bits per heavy atom. The number of hydrogen-bond acceptors (Lipinski definition) is 4. The maximum atomic E-state index is 12.9. The number of amides is 1. The number of fused-ring (bicyclic) bond motifs is 1. The summed E-state index contributed by atoms with van der Waals surface area (Å²) in [5.74, 6) is -0.161. The third-order valence-electron chi connectivity index (χ3n) is 5.89. The van der Waals surface area contributed by atoms with Crippen LogP contribution >= 0.6 is 0 Å². The number of aromatic nitrogens is 2. The molecule has 6 nitrogen and oxygen atoms in total. The van der Waals surface area contributed by atoms with Crippen molar-refractivity contribution in [3.63, 3.8) is 0 Å². The second-order valence-corrected chi connectivity index (χ2v) is 8.58. The van der Waals surface area contributed by atoms with Gasteiger partial charge in [0, 0.05) is 35.9 Å². The third kappa shape index (κ3) is 2.30. The molecule has 134 valence electrons. The van der Waals surface area contributed by atoms with Gasteiger partial charge >= 0.3 is 0 Å². The molecule has 2 N–H and O–H groups in total. The second-order valence-electron chi connectivity index (χ2n) is 8.58. The zero-order valence-electron chi connectivity index (χ0n) is 15.7. The van der Waals surface area contributed by atoms with Crippen molar-refractivity contribution in [1.29, 1.82) is 0 Å². The highest BCUT2D eigenvalue weighted by Crippen LogP contribution is 2.53. The largest absolute Gasteiger partial charge is 0.392 e. The molecule has 2 atom stereocenters. The number of carbonyl (C=O) groups excluding carboxylic acids is 1. The van der Waals surface area contributed by atoms with E-state index in [1.165, 1.54) is 0 Å². The van der Waals surface area contributed by atoms with Crippen LogP contribution in [0.2, 0.25) is 0 Å². The Hall–Kier alpha value is -1.40. The first-order chi connectivity index (χ1) is 11.0. The Kier molecular flexibility index (Phi) is 3.85. The lowest BCUT2D eigenvalue weighted by molar-refractivity contribution is -0.179. The quantitative estimate of drug-likeness (QED) is 0.866. The molecule has 3 rings (SSSR count). The van der Waals surface area contributed by atoms with Crippen molar-refractivity contribution >= 4 is 5.91 Å². The van der Waals surface area contributed by atoms with E-state index in [0.29, 0.717) is 12.1 Å². The molecular weight excluding hydrogens is 306 g/mol. The van der Waals surface area contributed by atoms with Crippen LogP contribution in [0.3, 0.4) is 0 Å². The SMILES string of the molecule is C[C@@H]1Cc2c(C(=O)NC3C(C)(C)C(O)C3(C)C)nn(C)c2[C@H](C)O1. The number of aryl methyl sites for hydroxylation is 1. The fourth-order valence-corrected chi connectivity index (χ4v) is 4.93. The van der Waals surface area contributed by atoms with Gasteiger partial charge in [0.15, 0.2) is 5.69 Å². The molecule has 1 fully saturated rings. The summed E-state index contributed by atoms with van der Waals surface area (Å²) in [6, 6.07) is -0.0974. The van der Waals surface area contributed by atoms with Gasteiger partial charge < -0.3 is 15.2 Å². The van der Waals surface area contributed by atoms with Crippen LogP contribution in [0.5, 0.6) is 0 Å². The highest BCUT2D eigenvalue weighted by molar-refractivity contribution is 5.94. The van der Waals surface area contributed by atoms with Crippen molar-refractivity contribution in [2.24, 2.45) is 17.9 Å². The first kappa shape index (κ1) is 17.4. The molecule has 0 unspecified atom stereocenters. The lowest BCUT2D eigenvalue weighted by Gasteiger charge is -2.61. The van der Waals surface area contributed by atoms with E-state index in [9.17, 15) is 9.90 Å². The number of nitrogens with one attached hydrogen (secondary N) is 1. The number of aliphatic hydroxyl groups is 1. The van der Waals surface area contributed by atoms with Crippen LogP contribution in [0, 0.1) is 10.8 Å². The van der Waals surface area contributed by atoms with Gasteiger partial charge in [-0.25, -0.2) is 0 Å². The molecule has 0 radical (unpaired) electrons. The molecule has 24 heavy (non-hydrogen) atoms. The zero-order valence-corrected chi connectivity index (χ0v) is 15.7. The summed E-state index contributed by atoms with van der Waals surface area (Å²) in [5.41, 5.74) is 1.75. The predicted molar refractivity (Wildman–Crippen MR) is 90.7 cm³/mol. The number of ether oxygens (including phenoxy) is 1. The average Bonchev–Trinajstić information content (AvgIpc) is 2.80. The maximum absolute atomic E-state index is 12.9. The molecule has 1 aliphatic heterocycles. The molecule has 1 aromatic heterocycles. The summed E-state index contributed by atoms with van der Waals surface area (Å²) in [6.45, 7) is 12.0. The van der Waals surface area contributed by atoms with Gasteiger partial charge in [0.05, 0.1) is 24.0 Å². The van der Waals surface area contributed by atoms with Gasteiger partial charge in [-0.05, 0) is 13.8 Å². The molecule has 0 bridgehead atoms. The Morgan fingerprint density at radius 2 is 1.88 bits per heavy atom. The standard InChI is InChI=1S/C18H29N3O3/c1-9-8-11-12(20-21(7)13(11)10(2)24-9)14(22)19-15-17(3,4)16(23)18(15,5)6/h9-10,15-16,23H,8H2,1-7H3,(H,19,22)/t9-,10+,15?,16?/m1/s1. The fourth-order valence-electron chi connectivity index (χ4n) is 4.93. The lowest BCUT2D eigenvalue weighted by atomic mass is 9.49. The van der Waals surface area contributed by atoms with E-state index >= 15 is 0 Å². The second kappa shape index (κ2) is 5.30. The molecule has 1 aromatic rings. The summed E-state index contributed by atoms with van der Waals surface area (Å²) < 4.78 is 7.61. The van der Waals surface area contributed by atoms with Gasteiger partial charge in [-0.15, -0.1) is 0 Å². The molecule has 6 heteroatoms. The molecule has 0 aromatic carbocycles. The summed E-state index contributed by atoms with van der Waals surface area (Å²) in [4.78, 5) is 12.9. The van der Waals surface area contributed by atoms with E-state index in [2.05, 4.69) is 10.4 Å². The molecule has 0 saturated heterocycles. The minimum Gasteiger partial charge on any atom is -0.392 e. The lowest BCUT2D eigenvalue weighted by Crippen LogP contribution is -2.73. The summed E-state index contributed by atoms with van der Waals surface area (Å²) in [6.07, 6.45) is 0.250. The van der Waals surface area contributed by atoms with Crippen LogP contribution in [0.4, 0.5) is 0 Å². The molecule has 1 aliphatic carbocycles. The highest BCUT2D eigenvalue weighted by atomic mass is 16.5. The third-order valence-corrected chi connectivity index (χ3v) is 5.89. The number of rotatable bonds is 2. The maximum Gasteiger partial charge on any atom is 0.272 e. The van der Waals surface area contributed by atoms with Crippen LogP contribution in [-0.2, 0) is 18.2 Å². The Bertz CT molecular complexity index is 661. The summed E-state index contributed by atoms with van der Waals surface area (Å²) in [7, 11) is 1.85. The minimum atomic E-state index is -0.443. The van der Waals surface area contributed by atoms with Gasteiger partial charge in [-0.2, -0.15) is 5.10 Å². The van der Waals surface area contributed by atoms with Crippen molar-refractivity contribution in [3.05, 3.63) is 17.0 Å². The van der Waals surface area contributed by atoms with Crippen LogP contribution < -0.4 is 5.32 Å². The normalized spacial score (nSPS) is 33.5. The van der Waals surface area contributed by atoms with E-state index in [-0.39, 0.29) is 35.0 Å². The zero-order chi connectivity index (χ0) is 18.0. The monoisotopic (exact) mass is 335 g/mol. The van der Waals surface area contributed by atoms with Crippen LogP contribution in [0.15, 0.2) is 0 Å². The topological polar surface area (TPSA) is 76.4 Å². The van der Waals surface area contributed by atoms with Crippen molar-refractivity contribution in [1.82, 2.24) is 15.1 Å². The number of hydrogen-bond donors (Lipinski definition) is 2. The van der Waals surface area contributed by atoms with Gasteiger partial charge in [0.2, 0.25) is 0 Å². The van der Waals surface area contributed by atoms with Gasteiger partial charge in [0.25, 0.3) is 5.91 Å². The number of aliphatic hydroxyl groups excluding tert-OH is 1. The van der Waals surface area contributed by atoms with Crippen LogP contribution in [0.25, 0.3) is 0 Å². The van der Waals surface area contributed by atoms with Crippen molar-refractivity contribution in [2.45, 2.75) is 72.3 Å². The molecule has 2 heterocycles. The first-order valence-electron chi connectivity index (χ1n) is 8.68. The number of carbonyl (C=O) groups is 1. The number of nitrogens with zero attached hydrogens (tertiary/aromatic N) is 2. The Labute approximate surface area is 143 Å². The molecule has 2 aliphatic rings. The Morgan fingerprint density at radius 3 is 2.46 bits per heavy atom. The minimum absolute atomic E-state index is 0.0683. The van der Waals surface area contributed by atoms with Crippen molar-refractivity contribution in [3.8, 4) is 0 Å². The smallest absolute Gasteiger partial charge is 0.272 e. The van der Waals surface area contributed by atoms with Gasteiger partial charge in [-0.1, -0.05) is 27.7 Å². The van der Waals surface area contributed by atoms with E-state index in [4.69, 9.17) is 4.74 Å². The predicted octanol–water partition coefficient (Wildman–Crippen LogP) is 1.97. The van der Waals surface area contributed by atoms with Crippen LogP contribution in [-0.4, -0.2) is 39.0 Å². The van der Waals surface area contributed by atoms with Gasteiger partial charge in [-0.3, -0.25) is 9.48 Å². The highest BCUT2D eigenvalue weighted by Gasteiger charge is 2.61. The Balaban J connectivity index is 1.89. The molecule has 0 spiro atoms. The molecule has 1 amide bonds. The first-order valence-corrected chi connectivity index (χ1v) is 8.68. The van der Waals surface area contributed by atoms with E-state index in [1.807, 2.05) is 48.6 Å². The van der Waals surface area contributed by atoms with Gasteiger partial charge in [0.1, 0.15) is 0 Å². The fraction of sp³-hybridized carbons (Fsp3) is 0.778. The van der Waals surface area contributed by atoms with E-state index in [0.717, 1.165) is 11.3 Å². The molecule has 1 saturated carbocycles. The summed E-state index contributed by atoms with van der Waals surface area (Å²) in [5, 5.41) is 17.9. The van der Waals surface area contributed by atoms with Crippen LogP contribution in [0.1, 0.15) is 69.4 Å². The van der Waals surface area contributed by atoms with E-state index < -0.39 is 6.10 Å².